The molecule has 0 aliphatic rings. The van der Waals surface area contributed by atoms with Crippen LogP contribution in [0.25, 0.3) is 0 Å². The molecule has 0 aromatic heterocycles. The van der Waals surface area contributed by atoms with E-state index >= 15 is 0 Å². The second kappa shape index (κ2) is 7.89. The van der Waals surface area contributed by atoms with Crippen molar-refractivity contribution in [2.45, 2.75) is 26.3 Å². The van der Waals surface area contributed by atoms with Crippen LogP contribution < -0.4 is 5.32 Å². The lowest BCUT2D eigenvalue weighted by molar-refractivity contribution is -0.137. The molecule has 0 rings (SSSR count). The summed E-state index contributed by atoms with van der Waals surface area (Å²) in [5, 5.41) is 11.2. The van der Waals surface area contributed by atoms with Crippen LogP contribution in [0.4, 0.5) is 4.79 Å². The van der Waals surface area contributed by atoms with Crippen LogP contribution in [0.2, 0.25) is 0 Å². The number of carboxylic acid groups (broad SMARTS) is 1. The van der Waals surface area contributed by atoms with Gasteiger partial charge in [0.2, 0.25) is 0 Å². The molecule has 1 atom stereocenters. The summed E-state index contributed by atoms with van der Waals surface area (Å²) in [6.45, 7) is 5.22. The van der Waals surface area contributed by atoms with E-state index in [9.17, 15) is 9.59 Å². The summed E-state index contributed by atoms with van der Waals surface area (Å²) in [6.07, 6.45) is 1.06. The Morgan fingerprint density at radius 3 is 2.41 bits per heavy atom. The Hall–Kier alpha value is -1.30. The molecule has 2 amide bonds. The highest BCUT2D eigenvalue weighted by molar-refractivity contribution is 5.79. The van der Waals surface area contributed by atoms with Crippen molar-refractivity contribution in [1.82, 2.24) is 15.1 Å². The lowest BCUT2D eigenvalue weighted by atomic mass is 10.2. The summed E-state index contributed by atoms with van der Waals surface area (Å²) in [7, 11) is 3.46. The van der Waals surface area contributed by atoms with Gasteiger partial charge in [-0.1, -0.05) is 6.92 Å². The van der Waals surface area contributed by atoms with E-state index in [2.05, 4.69) is 24.1 Å². The maximum atomic E-state index is 11.4. The average molecular weight is 245 g/mol. The molecule has 0 aromatic carbocycles. The summed E-state index contributed by atoms with van der Waals surface area (Å²) in [5.74, 6) is -1.01. The standard InChI is InChI=1S/C11H23N3O3/c1-5-9(2)13(3)7-6-12-11(17)14(4)8-10(15)16/h9H,5-8H2,1-4H3,(H,12,17)(H,15,16). The molecule has 100 valence electrons. The van der Waals surface area contributed by atoms with Gasteiger partial charge in [0.15, 0.2) is 0 Å². The van der Waals surface area contributed by atoms with E-state index < -0.39 is 5.97 Å². The molecule has 6 nitrogen and oxygen atoms in total. The van der Waals surface area contributed by atoms with Crippen molar-refractivity contribution in [3.63, 3.8) is 0 Å². The monoisotopic (exact) mass is 245 g/mol. The van der Waals surface area contributed by atoms with Crippen LogP contribution in [-0.2, 0) is 4.79 Å². The molecular weight excluding hydrogens is 222 g/mol. The van der Waals surface area contributed by atoms with Crippen LogP contribution in [-0.4, -0.2) is 66.7 Å². The SMILES string of the molecule is CCC(C)N(C)CCNC(=O)N(C)CC(=O)O. The minimum Gasteiger partial charge on any atom is -0.480 e. The highest BCUT2D eigenvalue weighted by atomic mass is 16.4. The van der Waals surface area contributed by atoms with Gasteiger partial charge in [0.1, 0.15) is 6.54 Å². The fourth-order valence-electron chi connectivity index (χ4n) is 1.28. The van der Waals surface area contributed by atoms with Crippen LogP contribution in [0.1, 0.15) is 20.3 Å². The maximum Gasteiger partial charge on any atom is 0.323 e. The van der Waals surface area contributed by atoms with Crippen molar-refractivity contribution in [3.8, 4) is 0 Å². The second-order valence-electron chi connectivity index (χ2n) is 4.22. The normalized spacial score (nSPS) is 12.3. The Balaban J connectivity index is 3.81. The number of hydrogen-bond donors (Lipinski definition) is 2. The van der Waals surface area contributed by atoms with Crippen LogP contribution in [0.3, 0.4) is 0 Å². The first-order chi connectivity index (χ1) is 7.88. The molecule has 0 aliphatic heterocycles. The first-order valence-electron chi connectivity index (χ1n) is 5.79. The largest absolute Gasteiger partial charge is 0.480 e. The quantitative estimate of drug-likeness (QED) is 0.683. The van der Waals surface area contributed by atoms with E-state index in [1.807, 2.05) is 7.05 Å². The molecule has 6 heteroatoms. The highest BCUT2D eigenvalue weighted by Crippen LogP contribution is 1.98. The van der Waals surface area contributed by atoms with E-state index in [0.717, 1.165) is 17.9 Å². The molecule has 0 radical (unpaired) electrons. The zero-order chi connectivity index (χ0) is 13.4. The number of hydrogen-bond acceptors (Lipinski definition) is 3. The number of carboxylic acids is 1. The number of nitrogens with zero attached hydrogens (tertiary/aromatic N) is 2. The first kappa shape index (κ1) is 15.7. The zero-order valence-corrected chi connectivity index (χ0v) is 11.1. The average Bonchev–Trinajstić information content (AvgIpc) is 2.26. The van der Waals surface area contributed by atoms with Gasteiger partial charge in [-0.05, 0) is 20.4 Å². The zero-order valence-electron chi connectivity index (χ0n) is 11.1. The summed E-state index contributed by atoms with van der Waals surface area (Å²) in [5.41, 5.74) is 0. The number of aliphatic carboxylic acids is 1. The lowest BCUT2D eigenvalue weighted by Gasteiger charge is -2.24. The van der Waals surface area contributed by atoms with Crippen molar-refractivity contribution >= 4 is 12.0 Å². The molecule has 0 aromatic rings. The van der Waals surface area contributed by atoms with Gasteiger partial charge in [0, 0.05) is 26.2 Å². The van der Waals surface area contributed by atoms with Crippen molar-refractivity contribution in [1.29, 1.82) is 0 Å². The fraction of sp³-hybridized carbons (Fsp3) is 0.818. The van der Waals surface area contributed by atoms with E-state index in [0.29, 0.717) is 12.6 Å². The smallest absolute Gasteiger partial charge is 0.323 e. The van der Waals surface area contributed by atoms with Crippen LogP contribution in [0.15, 0.2) is 0 Å². The molecule has 0 heterocycles. The van der Waals surface area contributed by atoms with Crippen LogP contribution in [0, 0.1) is 0 Å². The first-order valence-corrected chi connectivity index (χ1v) is 5.79. The fourth-order valence-corrected chi connectivity index (χ4v) is 1.28. The second-order valence-corrected chi connectivity index (χ2v) is 4.22. The number of nitrogens with one attached hydrogen (secondary N) is 1. The highest BCUT2D eigenvalue weighted by Gasteiger charge is 2.12. The third-order valence-corrected chi connectivity index (χ3v) is 2.80. The minimum atomic E-state index is -1.01. The van der Waals surface area contributed by atoms with Crippen molar-refractivity contribution < 1.29 is 14.7 Å². The Bertz CT molecular complexity index is 258. The van der Waals surface area contributed by atoms with Crippen molar-refractivity contribution in [2.75, 3.05) is 33.7 Å². The number of likely N-dealkylation sites (N-methyl/N-ethyl adjacent to an activating group) is 2. The van der Waals surface area contributed by atoms with Gasteiger partial charge in [-0.2, -0.15) is 0 Å². The molecule has 0 saturated heterocycles. The predicted octanol–water partition coefficient (Wildman–Crippen LogP) is 0.443. The molecule has 17 heavy (non-hydrogen) atoms. The number of amides is 2. The topological polar surface area (TPSA) is 72.9 Å². The van der Waals surface area contributed by atoms with E-state index in [1.165, 1.54) is 7.05 Å². The Labute approximate surface area is 103 Å². The van der Waals surface area contributed by atoms with Gasteiger partial charge < -0.3 is 20.2 Å². The number of rotatable bonds is 7. The number of carbonyl (C=O) groups is 2. The third-order valence-electron chi connectivity index (χ3n) is 2.80. The summed E-state index contributed by atoms with van der Waals surface area (Å²) >= 11 is 0. The van der Waals surface area contributed by atoms with Gasteiger partial charge in [-0.15, -0.1) is 0 Å². The Morgan fingerprint density at radius 1 is 1.35 bits per heavy atom. The van der Waals surface area contributed by atoms with E-state index in [-0.39, 0.29) is 12.6 Å². The third kappa shape index (κ3) is 6.78. The van der Waals surface area contributed by atoms with E-state index in [4.69, 9.17) is 5.11 Å². The predicted molar refractivity (Wildman–Crippen MR) is 66.0 cm³/mol. The summed E-state index contributed by atoms with van der Waals surface area (Å²) in [4.78, 5) is 25.1. The van der Waals surface area contributed by atoms with E-state index in [1.54, 1.807) is 0 Å². The van der Waals surface area contributed by atoms with Crippen molar-refractivity contribution in [3.05, 3.63) is 0 Å². The molecule has 0 fully saturated rings. The molecule has 0 spiro atoms. The van der Waals surface area contributed by atoms with Gasteiger partial charge in [0.05, 0.1) is 0 Å². The van der Waals surface area contributed by atoms with Gasteiger partial charge in [0.25, 0.3) is 0 Å². The lowest BCUT2D eigenvalue weighted by Crippen LogP contribution is -2.43. The van der Waals surface area contributed by atoms with Crippen molar-refractivity contribution in [2.24, 2.45) is 0 Å². The molecule has 2 N–H and O–H groups in total. The minimum absolute atomic E-state index is 0.285. The van der Waals surface area contributed by atoms with Crippen LogP contribution >= 0.6 is 0 Å². The molecular formula is C11H23N3O3. The maximum absolute atomic E-state index is 11.4. The van der Waals surface area contributed by atoms with Gasteiger partial charge >= 0.3 is 12.0 Å². The summed E-state index contributed by atoms with van der Waals surface area (Å²) < 4.78 is 0. The Kier molecular flexibility index (Phi) is 7.29. The van der Waals surface area contributed by atoms with Crippen LogP contribution in [0.5, 0.6) is 0 Å². The summed E-state index contributed by atoms with van der Waals surface area (Å²) in [6, 6.07) is 0.119. The van der Waals surface area contributed by atoms with Gasteiger partial charge in [-0.25, -0.2) is 4.79 Å². The molecule has 0 aliphatic carbocycles. The number of carbonyl (C=O) groups excluding carboxylic acids is 1. The molecule has 0 saturated carbocycles. The molecule has 0 bridgehead atoms. The number of urea groups is 1. The Morgan fingerprint density at radius 2 is 1.94 bits per heavy atom. The van der Waals surface area contributed by atoms with Gasteiger partial charge in [-0.3, -0.25) is 4.79 Å². The molecule has 1 unspecified atom stereocenters.